The van der Waals surface area contributed by atoms with Crippen LogP contribution in [-0.4, -0.2) is 73.8 Å². The molecule has 0 aromatic heterocycles. The third kappa shape index (κ3) is 9.12. The summed E-state index contributed by atoms with van der Waals surface area (Å²) in [6.07, 6.45) is 4.20. The number of sulfonamides is 1. The number of methoxy groups -OCH3 is 1. The number of fused-ring (bicyclic) bond motifs is 3. The van der Waals surface area contributed by atoms with Gasteiger partial charge >= 0.3 is 5.97 Å². The summed E-state index contributed by atoms with van der Waals surface area (Å²) in [6, 6.07) is 32.5. The lowest BCUT2D eigenvalue weighted by Crippen LogP contribution is -2.69. The van der Waals surface area contributed by atoms with Crippen LogP contribution in [0.15, 0.2) is 97.1 Å². The Morgan fingerprint density at radius 2 is 1.69 bits per heavy atom. The number of nitrogens with zero attached hydrogens (tertiary/aromatic N) is 1. The second-order valence-electron chi connectivity index (χ2n) is 17.5. The number of hydrogen-bond acceptors (Lipinski definition) is 8. The van der Waals surface area contributed by atoms with Crippen LogP contribution in [0.2, 0.25) is 10.1 Å². The molecule has 314 valence electrons. The maximum atomic E-state index is 13.9. The SMILES string of the molecule is COC(=O)c1ccc2c(c1)N(CC1CCC1C(CC(=O)NCCS(N)(=O)=O)O[Si](c1ccccc1)(c1ccccc1)C(C)(C)C)C[C@@]1(CCCc3cc(Cl)ccc31)CO2. The number of benzene rings is 4. The van der Waals surface area contributed by atoms with Gasteiger partial charge in [-0.2, -0.15) is 0 Å². The first-order chi connectivity index (χ1) is 28.1. The van der Waals surface area contributed by atoms with Gasteiger partial charge in [-0.1, -0.05) is 99.1 Å². The van der Waals surface area contributed by atoms with Crippen LogP contribution in [0.4, 0.5) is 5.69 Å². The first-order valence-electron chi connectivity index (χ1n) is 20.6. The Labute approximate surface area is 354 Å². The van der Waals surface area contributed by atoms with Crippen LogP contribution in [-0.2, 0) is 35.8 Å². The number of halogens is 1. The van der Waals surface area contributed by atoms with Gasteiger partial charge in [0, 0.05) is 30.1 Å². The average molecular weight is 859 g/mol. The molecule has 4 atom stereocenters. The second-order valence-corrected chi connectivity index (χ2v) is 23.9. The van der Waals surface area contributed by atoms with Gasteiger partial charge in [-0.15, -0.1) is 0 Å². The van der Waals surface area contributed by atoms with E-state index in [1.807, 2.05) is 54.6 Å². The van der Waals surface area contributed by atoms with Gasteiger partial charge in [0.15, 0.2) is 0 Å². The number of aryl methyl sites for hydroxylation is 1. The smallest absolute Gasteiger partial charge is 0.337 e. The minimum absolute atomic E-state index is 0.00884. The van der Waals surface area contributed by atoms with Crippen LogP contribution in [0.1, 0.15) is 74.4 Å². The molecular formula is C46H56ClN3O7SSi. The van der Waals surface area contributed by atoms with Gasteiger partial charge < -0.3 is 24.1 Å². The standard InChI is InChI=1S/C46H56ClN3O7SSi/c1-45(2,3)59(36-13-7-5-8-14-36,37-15-9-6-10-16-37)57-42(28-43(51)49-24-25-58(48,53)54)38-20-17-34(38)29-50-30-46(23-11-12-32-26-35(47)19-21-39(32)46)31-56-41-22-18-33(27-40(41)50)44(52)55-4/h5-10,13-16,18-19,21-22,26-27,34,38,42H,11-12,17,20,23-25,28-31H2,1-4H3,(H,49,51)(H2,48,53,54)/t34?,38?,42?,46-/m0/s1. The number of ether oxygens (including phenoxy) is 2. The zero-order valence-corrected chi connectivity index (χ0v) is 37.0. The molecule has 3 aliphatic rings. The van der Waals surface area contributed by atoms with Gasteiger partial charge in [0.25, 0.3) is 8.32 Å². The summed E-state index contributed by atoms with van der Waals surface area (Å²) in [7, 11) is -5.50. The van der Waals surface area contributed by atoms with E-state index in [0.29, 0.717) is 31.0 Å². The minimum atomic E-state index is -3.76. The van der Waals surface area contributed by atoms with E-state index in [1.54, 1.807) is 6.07 Å². The molecule has 1 fully saturated rings. The Morgan fingerprint density at radius 3 is 2.31 bits per heavy atom. The van der Waals surface area contributed by atoms with E-state index in [0.717, 1.165) is 53.2 Å². The van der Waals surface area contributed by atoms with Crippen LogP contribution in [0.5, 0.6) is 5.75 Å². The predicted octanol–water partition coefficient (Wildman–Crippen LogP) is 6.37. The van der Waals surface area contributed by atoms with Gasteiger partial charge in [-0.3, -0.25) is 4.79 Å². The van der Waals surface area contributed by atoms with Crippen molar-refractivity contribution in [2.24, 2.45) is 17.0 Å². The first-order valence-corrected chi connectivity index (χ1v) is 24.6. The molecule has 1 spiro atoms. The minimum Gasteiger partial charge on any atom is -0.490 e. The number of hydrogen-bond donors (Lipinski definition) is 2. The summed E-state index contributed by atoms with van der Waals surface area (Å²) in [6.45, 7) is 8.38. The van der Waals surface area contributed by atoms with Crippen molar-refractivity contribution in [3.63, 3.8) is 0 Å². The molecule has 1 heterocycles. The molecule has 4 aromatic rings. The topological polar surface area (TPSA) is 137 Å². The van der Waals surface area contributed by atoms with Gasteiger partial charge in [0.2, 0.25) is 15.9 Å². The number of esters is 1. The lowest BCUT2D eigenvalue weighted by molar-refractivity contribution is -0.124. The van der Waals surface area contributed by atoms with Crippen molar-refractivity contribution in [2.75, 3.05) is 44.0 Å². The molecule has 10 nitrogen and oxygen atoms in total. The highest BCUT2D eigenvalue weighted by Crippen LogP contribution is 2.48. The lowest BCUT2D eigenvalue weighted by Gasteiger charge is -2.51. The van der Waals surface area contributed by atoms with Gasteiger partial charge in [0.1, 0.15) is 5.75 Å². The zero-order chi connectivity index (χ0) is 42.0. The summed E-state index contributed by atoms with van der Waals surface area (Å²) in [4.78, 5) is 29.2. The molecule has 1 amide bonds. The Kier molecular flexibility index (Phi) is 12.7. The molecule has 13 heteroatoms. The summed E-state index contributed by atoms with van der Waals surface area (Å²) in [5.74, 6) is -0.237. The van der Waals surface area contributed by atoms with E-state index in [2.05, 4.69) is 67.4 Å². The number of anilines is 1. The average Bonchev–Trinajstić information content (AvgIpc) is 3.34. The molecule has 2 aliphatic carbocycles. The molecule has 1 saturated carbocycles. The van der Waals surface area contributed by atoms with E-state index >= 15 is 0 Å². The summed E-state index contributed by atoms with van der Waals surface area (Å²) >= 11 is 6.52. The van der Waals surface area contributed by atoms with Gasteiger partial charge in [0.05, 0.1) is 43.2 Å². The zero-order valence-electron chi connectivity index (χ0n) is 34.4. The number of carbonyl (C=O) groups excluding carboxylic acids is 2. The lowest BCUT2D eigenvalue weighted by atomic mass is 9.68. The Morgan fingerprint density at radius 1 is 1.00 bits per heavy atom. The summed E-state index contributed by atoms with van der Waals surface area (Å²) in [5, 5.41) is 10.7. The van der Waals surface area contributed by atoms with Crippen molar-refractivity contribution in [3.05, 3.63) is 119 Å². The monoisotopic (exact) mass is 857 g/mol. The fraction of sp³-hybridized carbons (Fsp3) is 0.435. The summed E-state index contributed by atoms with van der Waals surface area (Å²) < 4.78 is 43.2. The second kappa shape index (κ2) is 17.4. The number of amides is 1. The Balaban J connectivity index is 1.28. The Bertz CT molecular complexity index is 2220. The quantitative estimate of drug-likeness (QED) is 0.117. The first kappa shape index (κ1) is 42.9. The number of nitrogens with one attached hydrogen (secondary N) is 1. The van der Waals surface area contributed by atoms with Gasteiger partial charge in [-0.25, -0.2) is 18.4 Å². The maximum Gasteiger partial charge on any atom is 0.337 e. The molecule has 0 bridgehead atoms. The molecule has 4 aromatic carbocycles. The van der Waals surface area contributed by atoms with E-state index in [-0.39, 0.29) is 46.9 Å². The molecule has 1 aliphatic heterocycles. The van der Waals surface area contributed by atoms with Crippen molar-refractivity contribution in [1.82, 2.24) is 5.32 Å². The molecule has 3 N–H and O–H groups in total. The van der Waals surface area contributed by atoms with Crippen LogP contribution < -0.4 is 30.5 Å². The largest absolute Gasteiger partial charge is 0.490 e. The number of rotatable bonds is 13. The third-order valence-electron chi connectivity index (χ3n) is 12.7. The van der Waals surface area contributed by atoms with E-state index < -0.39 is 30.4 Å². The molecular weight excluding hydrogens is 802 g/mol. The van der Waals surface area contributed by atoms with Crippen molar-refractivity contribution >= 4 is 57.9 Å². The van der Waals surface area contributed by atoms with E-state index in [4.69, 9.17) is 30.6 Å². The normalized spacial score (nSPS) is 20.9. The van der Waals surface area contributed by atoms with Crippen molar-refractivity contribution in [2.45, 2.75) is 75.9 Å². The van der Waals surface area contributed by atoms with Gasteiger partial charge in [-0.05, 0) is 101 Å². The highest BCUT2D eigenvalue weighted by Gasteiger charge is 2.54. The number of primary sulfonamides is 1. The van der Waals surface area contributed by atoms with Crippen molar-refractivity contribution in [3.8, 4) is 5.75 Å². The highest BCUT2D eigenvalue weighted by molar-refractivity contribution is 7.89. The molecule has 3 unspecified atom stereocenters. The Hall–Kier alpha value is -4.20. The van der Waals surface area contributed by atoms with Crippen LogP contribution in [0.25, 0.3) is 0 Å². The molecule has 0 radical (unpaired) electrons. The van der Waals surface area contributed by atoms with E-state index in [9.17, 15) is 18.0 Å². The fourth-order valence-electron chi connectivity index (χ4n) is 9.74. The highest BCUT2D eigenvalue weighted by atomic mass is 35.5. The van der Waals surface area contributed by atoms with Crippen LogP contribution >= 0.6 is 11.6 Å². The number of carbonyl (C=O) groups is 2. The van der Waals surface area contributed by atoms with E-state index in [1.165, 1.54) is 18.2 Å². The summed E-state index contributed by atoms with van der Waals surface area (Å²) in [5.41, 5.74) is 3.44. The molecule has 7 rings (SSSR count). The molecule has 0 saturated heterocycles. The number of nitrogens with two attached hydrogens (primary N) is 1. The third-order valence-corrected chi connectivity index (χ3v) is 18.8. The predicted molar refractivity (Wildman–Crippen MR) is 236 cm³/mol. The van der Waals surface area contributed by atoms with Crippen molar-refractivity contribution < 1.29 is 31.9 Å². The van der Waals surface area contributed by atoms with Crippen LogP contribution in [0.3, 0.4) is 0 Å². The fourth-order valence-corrected chi connectivity index (χ4v) is 15.0. The molecule has 59 heavy (non-hydrogen) atoms. The maximum absolute atomic E-state index is 13.9. The van der Waals surface area contributed by atoms with Crippen LogP contribution in [0, 0.1) is 11.8 Å². The van der Waals surface area contributed by atoms with Crippen molar-refractivity contribution in [1.29, 1.82) is 0 Å².